The van der Waals surface area contributed by atoms with E-state index < -0.39 is 0 Å². The van der Waals surface area contributed by atoms with Crippen LogP contribution in [0.5, 0.6) is 5.75 Å². The van der Waals surface area contributed by atoms with Crippen LogP contribution in [0.4, 0.5) is 5.69 Å². The van der Waals surface area contributed by atoms with E-state index in [0.717, 1.165) is 36.5 Å². The van der Waals surface area contributed by atoms with Crippen LogP contribution in [0, 0.1) is 0 Å². The number of hydrogen-bond acceptors (Lipinski definition) is 4. The molecule has 0 atom stereocenters. The highest BCUT2D eigenvalue weighted by Crippen LogP contribution is 2.35. The van der Waals surface area contributed by atoms with Crippen LogP contribution in [0.1, 0.15) is 40.9 Å². The number of ether oxygens (including phenoxy) is 1. The van der Waals surface area contributed by atoms with Crippen molar-refractivity contribution in [3.05, 3.63) is 89.2 Å². The zero-order chi connectivity index (χ0) is 20.3. The van der Waals surface area contributed by atoms with Gasteiger partial charge < -0.3 is 15.4 Å². The van der Waals surface area contributed by atoms with Gasteiger partial charge in [-0.3, -0.25) is 9.78 Å². The molecule has 148 valence electrons. The normalized spacial score (nSPS) is 14.1. The summed E-state index contributed by atoms with van der Waals surface area (Å²) in [5.74, 6) is 0.859. The summed E-state index contributed by atoms with van der Waals surface area (Å²) in [7, 11) is 0. The SMILES string of the molecule is CC1(C)Cc2cc(CNCc3cccc(NC(=O)c4ccncc4)c3)ccc2O1. The van der Waals surface area contributed by atoms with Gasteiger partial charge in [0.05, 0.1) is 0 Å². The van der Waals surface area contributed by atoms with Crippen molar-refractivity contribution in [3.8, 4) is 5.75 Å². The summed E-state index contributed by atoms with van der Waals surface area (Å²) < 4.78 is 5.94. The zero-order valence-corrected chi connectivity index (χ0v) is 16.7. The van der Waals surface area contributed by atoms with Crippen LogP contribution < -0.4 is 15.4 Å². The Kier molecular flexibility index (Phi) is 5.32. The van der Waals surface area contributed by atoms with Crippen LogP contribution in [0.25, 0.3) is 0 Å². The minimum Gasteiger partial charge on any atom is -0.487 e. The fourth-order valence-electron chi connectivity index (χ4n) is 3.59. The number of carbonyl (C=O) groups excluding carboxylic acids is 1. The Hall–Kier alpha value is -3.18. The lowest BCUT2D eigenvalue weighted by Gasteiger charge is -2.16. The molecule has 2 aromatic carbocycles. The molecule has 5 nitrogen and oxygen atoms in total. The summed E-state index contributed by atoms with van der Waals surface area (Å²) in [6, 6.07) is 17.7. The minimum absolute atomic E-state index is 0.116. The maximum atomic E-state index is 12.3. The molecule has 5 heteroatoms. The lowest BCUT2D eigenvalue weighted by Crippen LogP contribution is -2.24. The van der Waals surface area contributed by atoms with E-state index in [4.69, 9.17) is 4.74 Å². The van der Waals surface area contributed by atoms with Crippen molar-refractivity contribution in [1.29, 1.82) is 0 Å². The van der Waals surface area contributed by atoms with Crippen molar-refractivity contribution >= 4 is 11.6 Å². The average Bonchev–Trinajstić information content (AvgIpc) is 3.02. The number of anilines is 1. The molecule has 0 spiro atoms. The Morgan fingerprint density at radius 3 is 2.59 bits per heavy atom. The number of aromatic nitrogens is 1. The zero-order valence-electron chi connectivity index (χ0n) is 16.7. The summed E-state index contributed by atoms with van der Waals surface area (Å²) in [6.07, 6.45) is 4.16. The van der Waals surface area contributed by atoms with Gasteiger partial charge in [-0.05, 0) is 60.9 Å². The van der Waals surface area contributed by atoms with E-state index in [-0.39, 0.29) is 11.5 Å². The Labute approximate surface area is 171 Å². The number of rotatable bonds is 6. The van der Waals surface area contributed by atoms with E-state index in [9.17, 15) is 4.79 Å². The molecule has 4 rings (SSSR count). The molecule has 0 unspecified atom stereocenters. The van der Waals surface area contributed by atoms with Crippen molar-refractivity contribution in [1.82, 2.24) is 10.3 Å². The predicted molar refractivity (Wildman–Crippen MR) is 114 cm³/mol. The molecule has 0 saturated heterocycles. The van der Waals surface area contributed by atoms with E-state index in [1.807, 2.05) is 24.3 Å². The monoisotopic (exact) mass is 387 g/mol. The first kappa shape index (κ1) is 19.2. The number of nitrogens with zero attached hydrogens (tertiary/aromatic N) is 1. The molecule has 29 heavy (non-hydrogen) atoms. The molecule has 0 fully saturated rings. The number of hydrogen-bond donors (Lipinski definition) is 2. The van der Waals surface area contributed by atoms with Crippen LogP contribution in [-0.4, -0.2) is 16.5 Å². The Bertz CT molecular complexity index is 1020. The largest absolute Gasteiger partial charge is 0.487 e. The second-order valence-electron chi connectivity index (χ2n) is 7.97. The smallest absolute Gasteiger partial charge is 0.255 e. The third-order valence-electron chi connectivity index (χ3n) is 4.91. The van der Waals surface area contributed by atoms with Gasteiger partial charge in [0.2, 0.25) is 0 Å². The number of pyridine rings is 1. The van der Waals surface area contributed by atoms with Gasteiger partial charge in [-0.1, -0.05) is 24.3 Å². The minimum atomic E-state index is -0.138. The summed E-state index contributed by atoms with van der Waals surface area (Å²) >= 11 is 0. The Morgan fingerprint density at radius 1 is 1.03 bits per heavy atom. The molecule has 3 aromatic rings. The third-order valence-corrected chi connectivity index (χ3v) is 4.91. The van der Waals surface area contributed by atoms with E-state index in [1.165, 1.54) is 11.1 Å². The summed E-state index contributed by atoms with van der Waals surface area (Å²) in [6.45, 7) is 5.73. The van der Waals surface area contributed by atoms with Gasteiger partial charge in [0.25, 0.3) is 5.91 Å². The maximum Gasteiger partial charge on any atom is 0.255 e. The average molecular weight is 387 g/mol. The third kappa shape index (κ3) is 4.81. The van der Waals surface area contributed by atoms with Crippen molar-refractivity contribution in [2.24, 2.45) is 0 Å². The highest BCUT2D eigenvalue weighted by Gasteiger charge is 2.29. The topological polar surface area (TPSA) is 63.2 Å². The Balaban J connectivity index is 1.33. The number of amides is 1. The van der Waals surface area contributed by atoms with E-state index in [1.54, 1.807) is 24.5 Å². The fourth-order valence-corrected chi connectivity index (χ4v) is 3.59. The molecule has 1 aromatic heterocycles. The number of fused-ring (bicyclic) bond motifs is 1. The molecule has 0 radical (unpaired) electrons. The molecule has 1 aliphatic heterocycles. The molecule has 2 heterocycles. The van der Waals surface area contributed by atoms with Gasteiger partial charge in [0.15, 0.2) is 0 Å². The molecule has 0 aliphatic carbocycles. The quantitative estimate of drug-likeness (QED) is 0.661. The van der Waals surface area contributed by atoms with Crippen molar-refractivity contribution < 1.29 is 9.53 Å². The standard InChI is InChI=1S/C24H25N3O2/c1-24(2)14-20-12-18(6-7-22(20)29-24)16-26-15-17-4-3-5-21(13-17)27-23(28)19-8-10-25-11-9-19/h3-13,26H,14-16H2,1-2H3,(H,27,28). The van der Waals surface area contributed by atoms with Crippen LogP contribution >= 0.6 is 0 Å². The van der Waals surface area contributed by atoms with Gasteiger partial charge in [0, 0.05) is 43.2 Å². The van der Waals surface area contributed by atoms with Gasteiger partial charge in [-0.25, -0.2) is 0 Å². The number of nitrogens with one attached hydrogen (secondary N) is 2. The van der Waals surface area contributed by atoms with Crippen molar-refractivity contribution in [2.45, 2.75) is 39.0 Å². The van der Waals surface area contributed by atoms with Crippen LogP contribution in [0.2, 0.25) is 0 Å². The second-order valence-corrected chi connectivity index (χ2v) is 7.97. The highest BCUT2D eigenvalue weighted by atomic mass is 16.5. The van der Waals surface area contributed by atoms with Gasteiger partial charge in [-0.2, -0.15) is 0 Å². The molecule has 1 amide bonds. The highest BCUT2D eigenvalue weighted by molar-refractivity contribution is 6.04. The van der Waals surface area contributed by atoms with Gasteiger partial charge in [-0.15, -0.1) is 0 Å². The van der Waals surface area contributed by atoms with Gasteiger partial charge in [0.1, 0.15) is 11.4 Å². The van der Waals surface area contributed by atoms with Crippen LogP contribution in [0.3, 0.4) is 0 Å². The lowest BCUT2D eigenvalue weighted by molar-refractivity contribution is 0.102. The maximum absolute atomic E-state index is 12.3. The molecule has 1 aliphatic rings. The van der Waals surface area contributed by atoms with Crippen molar-refractivity contribution in [2.75, 3.05) is 5.32 Å². The van der Waals surface area contributed by atoms with Crippen LogP contribution in [0.15, 0.2) is 67.0 Å². The number of benzene rings is 2. The fraction of sp³-hybridized carbons (Fsp3) is 0.250. The molecule has 2 N–H and O–H groups in total. The van der Waals surface area contributed by atoms with Crippen molar-refractivity contribution in [3.63, 3.8) is 0 Å². The molecular formula is C24H25N3O2. The summed E-state index contributed by atoms with van der Waals surface area (Å²) in [5, 5.41) is 6.41. The lowest BCUT2D eigenvalue weighted by atomic mass is 10.0. The summed E-state index contributed by atoms with van der Waals surface area (Å²) in [4.78, 5) is 16.2. The number of carbonyl (C=O) groups is 1. The van der Waals surface area contributed by atoms with E-state index in [0.29, 0.717) is 5.56 Å². The van der Waals surface area contributed by atoms with Crippen LogP contribution in [-0.2, 0) is 19.5 Å². The molecule has 0 saturated carbocycles. The first-order chi connectivity index (χ1) is 14.0. The first-order valence-corrected chi connectivity index (χ1v) is 9.80. The predicted octanol–water partition coefficient (Wildman–Crippen LogP) is 4.34. The Morgan fingerprint density at radius 2 is 1.79 bits per heavy atom. The van der Waals surface area contributed by atoms with Gasteiger partial charge >= 0.3 is 0 Å². The second kappa shape index (κ2) is 8.05. The molecule has 0 bridgehead atoms. The van der Waals surface area contributed by atoms with E-state index >= 15 is 0 Å². The van der Waals surface area contributed by atoms with E-state index in [2.05, 4.69) is 47.7 Å². The molecular weight excluding hydrogens is 362 g/mol. The first-order valence-electron chi connectivity index (χ1n) is 9.80. The summed E-state index contributed by atoms with van der Waals surface area (Å²) in [5.41, 5.74) is 4.89.